The molecule has 6 heteroatoms. The minimum atomic E-state index is -3.46. The highest BCUT2D eigenvalue weighted by molar-refractivity contribution is 7.89. The Morgan fingerprint density at radius 2 is 1.94 bits per heavy atom. The summed E-state index contributed by atoms with van der Waals surface area (Å²) < 4.78 is 25.4. The van der Waals surface area contributed by atoms with Gasteiger partial charge in [0.15, 0.2) is 0 Å². The van der Waals surface area contributed by atoms with Crippen molar-refractivity contribution in [1.82, 2.24) is 4.72 Å². The number of carbonyl (C=O) groups is 1. The van der Waals surface area contributed by atoms with E-state index in [1.54, 1.807) is 0 Å². The van der Waals surface area contributed by atoms with E-state index in [-0.39, 0.29) is 5.75 Å². The van der Waals surface area contributed by atoms with Crippen LogP contribution < -0.4 is 4.72 Å². The zero-order chi connectivity index (χ0) is 12.9. The molecule has 0 bridgehead atoms. The maximum absolute atomic E-state index is 11.6. The molecule has 0 aromatic rings. The SMILES string of the molecule is C[C@@H](NS(=O)(=O)CCC1CCCCC1)C(=O)O. The minimum absolute atomic E-state index is 0.0370. The van der Waals surface area contributed by atoms with Gasteiger partial charge in [0, 0.05) is 0 Å². The van der Waals surface area contributed by atoms with Crippen molar-refractivity contribution in [3.8, 4) is 0 Å². The first-order valence-electron chi connectivity index (χ1n) is 6.13. The Morgan fingerprint density at radius 3 is 2.47 bits per heavy atom. The highest BCUT2D eigenvalue weighted by Crippen LogP contribution is 2.26. The molecule has 0 aromatic heterocycles. The summed E-state index contributed by atoms with van der Waals surface area (Å²) >= 11 is 0. The van der Waals surface area contributed by atoms with Crippen molar-refractivity contribution in [2.24, 2.45) is 5.92 Å². The van der Waals surface area contributed by atoms with Crippen LogP contribution >= 0.6 is 0 Å². The maximum atomic E-state index is 11.6. The Bertz CT molecular complexity index is 346. The second-order valence-electron chi connectivity index (χ2n) is 4.79. The maximum Gasteiger partial charge on any atom is 0.321 e. The molecule has 0 saturated heterocycles. The molecule has 0 amide bonds. The zero-order valence-corrected chi connectivity index (χ0v) is 11.0. The first-order chi connectivity index (χ1) is 7.91. The van der Waals surface area contributed by atoms with Crippen molar-refractivity contribution in [2.45, 2.75) is 51.5 Å². The van der Waals surface area contributed by atoms with Gasteiger partial charge in [-0.25, -0.2) is 13.1 Å². The summed E-state index contributed by atoms with van der Waals surface area (Å²) in [5, 5.41) is 8.64. The van der Waals surface area contributed by atoms with E-state index in [1.165, 1.54) is 26.2 Å². The minimum Gasteiger partial charge on any atom is -0.480 e. The van der Waals surface area contributed by atoms with Crippen molar-refractivity contribution in [2.75, 3.05) is 5.75 Å². The number of rotatable bonds is 6. The van der Waals surface area contributed by atoms with Gasteiger partial charge in [0.1, 0.15) is 6.04 Å². The third-order valence-corrected chi connectivity index (χ3v) is 4.73. The fourth-order valence-corrected chi connectivity index (χ4v) is 3.58. The largest absolute Gasteiger partial charge is 0.480 e. The summed E-state index contributed by atoms with van der Waals surface area (Å²) in [5.74, 6) is -0.623. The number of hydrogen-bond donors (Lipinski definition) is 2. The van der Waals surface area contributed by atoms with E-state index in [4.69, 9.17) is 5.11 Å². The third-order valence-electron chi connectivity index (χ3n) is 3.25. The van der Waals surface area contributed by atoms with Gasteiger partial charge in [-0.15, -0.1) is 0 Å². The molecule has 0 heterocycles. The van der Waals surface area contributed by atoms with E-state index in [0.717, 1.165) is 12.8 Å². The van der Waals surface area contributed by atoms with E-state index in [1.807, 2.05) is 0 Å². The smallest absolute Gasteiger partial charge is 0.321 e. The molecule has 1 rings (SSSR count). The number of aliphatic carboxylic acids is 1. The van der Waals surface area contributed by atoms with Gasteiger partial charge in [0.25, 0.3) is 0 Å². The molecule has 100 valence electrons. The van der Waals surface area contributed by atoms with Crippen molar-refractivity contribution in [3.05, 3.63) is 0 Å². The van der Waals surface area contributed by atoms with E-state index in [9.17, 15) is 13.2 Å². The number of sulfonamides is 1. The van der Waals surface area contributed by atoms with E-state index in [0.29, 0.717) is 12.3 Å². The molecule has 5 nitrogen and oxygen atoms in total. The van der Waals surface area contributed by atoms with Gasteiger partial charge in [-0.05, 0) is 19.3 Å². The van der Waals surface area contributed by atoms with Gasteiger partial charge < -0.3 is 5.11 Å². The Labute approximate surface area is 103 Å². The molecule has 0 aliphatic heterocycles. The number of carboxylic acids is 1. The number of carboxylic acid groups (broad SMARTS) is 1. The van der Waals surface area contributed by atoms with Gasteiger partial charge in [0.05, 0.1) is 5.75 Å². The average molecular weight is 263 g/mol. The lowest BCUT2D eigenvalue weighted by molar-refractivity contribution is -0.138. The second kappa shape index (κ2) is 6.35. The molecular weight excluding hydrogens is 242 g/mol. The summed E-state index contributed by atoms with van der Waals surface area (Å²) in [4.78, 5) is 10.6. The molecule has 0 aromatic carbocycles. The van der Waals surface area contributed by atoms with Crippen LogP contribution in [0, 0.1) is 5.92 Å². The molecule has 1 aliphatic carbocycles. The first-order valence-corrected chi connectivity index (χ1v) is 7.79. The molecule has 1 aliphatic rings. The zero-order valence-electron chi connectivity index (χ0n) is 10.2. The van der Waals surface area contributed by atoms with Crippen LogP contribution in [0.4, 0.5) is 0 Å². The van der Waals surface area contributed by atoms with Crippen molar-refractivity contribution < 1.29 is 18.3 Å². The molecule has 0 unspecified atom stereocenters. The molecule has 17 heavy (non-hydrogen) atoms. The third kappa shape index (κ3) is 5.50. The number of hydrogen-bond acceptors (Lipinski definition) is 3. The second-order valence-corrected chi connectivity index (χ2v) is 6.66. The van der Waals surface area contributed by atoms with Gasteiger partial charge in [-0.2, -0.15) is 0 Å². The molecule has 0 spiro atoms. The number of nitrogens with one attached hydrogen (secondary N) is 1. The van der Waals surface area contributed by atoms with Gasteiger partial charge in [-0.1, -0.05) is 32.1 Å². The molecule has 1 saturated carbocycles. The van der Waals surface area contributed by atoms with Crippen molar-refractivity contribution in [1.29, 1.82) is 0 Å². The van der Waals surface area contributed by atoms with E-state index >= 15 is 0 Å². The van der Waals surface area contributed by atoms with Crippen LogP contribution in [0.5, 0.6) is 0 Å². The predicted octanol–water partition coefficient (Wildman–Crippen LogP) is 1.35. The Kier molecular flexibility index (Phi) is 5.39. The van der Waals surface area contributed by atoms with Gasteiger partial charge in [-0.3, -0.25) is 4.79 Å². The van der Waals surface area contributed by atoms with E-state index in [2.05, 4.69) is 4.72 Å². The Hall–Kier alpha value is -0.620. The highest BCUT2D eigenvalue weighted by Gasteiger charge is 2.21. The van der Waals surface area contributed by atoms with Crippen molar-refractivity contribution >= 4 is 16.0 Å². The molecule has 1 fully saturated rings. The summed E-state index contributed by atoms with van der Waals surface area (Å²) in [7, 11) is -3.46. The Balaban J connectivity index is 2.35. The van der Waals surface area contributed by atoms with Crippen LogP contribution in [0.3, 0.4) is 0 Å². The standard InChI is InChI=1S/C11H21NO4S/c1-9(11(13)14)12-17(15,16)8-7-10-5-3-2-4-6-10/h9-10,12H,2-8H2,1H3,(H,13,14)/t9-/m1/s1. The summed E-state index contributed by atoms with van der Waals surface area (Å²) in [6.45, 7) is 1.33. The fraction of sp³-hybridized carbons (Fsp3) is 0.909. The lowest BCUT2D eigenvalue weighted by Gasteiger charge is -2.21. The van der Waals surface area contributed by atoms with Crippen LogP contribution in [0.25, 0.3) is 0 Å². The summed E-state index contributed by atoms with van der Waals surface area (Å²) in [6.07, 6.45) is 6.46. The molecular formula is C11H21NO4S. The first kappa shape index (κ1) is 14.4. The van der Waals surface area contributed by atoms with Crippen LogP contribution in [0.1, 0.15) is 45.4 Å². The highest BCUT2D eigenvalue weighted by atomic mass is 32.2. The normalized spacial score (nSPS) is 20.1. The van der Waals surface area contributed by atoms with Crippen LogP contribution in [-0.2, 0) is 14.8 Å². The van der Waals surface area contributed by atoms with Crippen LogP contribution in [0.15, 0.2) is 0 Å². The summed E-state index contributed by atoms with van der Waals surface area (Å²) in [6, 6.07) is -1.05. The monoisotopic (exact) mass is 263 g/mol. The van der Waals surface area contributed by atoms with Crippen LogP contribution in [-0.4, -0.2) is 31.3 Å². The summed E-state index contributed by atoms with van der Waals surface area (Å²) in [5.41, 5.74) is 0. The lowest BCUT2D eigenvalue weighted by Crippen LogP contribution is -2.39. The molecule has 1 atom stereocenters. The lowest BCUT2D eigenvalue weighted by atomic mass is 9.88. The predicted molar refractivity (Wildman–Crippen MR) is 65.2 cm³/mol. The molecule has 2 N–H and O–H groups in total. The van der Waals surface area contributed by atoms with E-state index < -0.39 is 22.0 Å². The van der Waals surface area contributed by atoms with Gasteiger partial charge >= 0.3 is 5.97 Å². The topological polar surface area (TPSA) is 83.5 Å². The van der Waals surface area contributed by atoms with Crippen LogP contribution in [0.2, 0.25) is 0 Å². The molecule has 0 radical (unpaired) electrons. The quantitative estimate of drug-likeness (QED) is 0.757. The average Bonchev–Trinajstić information content (AvgIpc) is 2.27. The van der Waals surface area contributed by atoms with Gasteiger partial charge in [0.2, 0.25) is 10.0 Å². The Morgan fingerprint density at radius 1 is 1.35 bits per heavy atom. The fourth-order valence-electron chi connectivity index (χ4n) is 2.18. The van der Waals surface area contributed by atoms with Crippen molar-refractivity contribution in [3.63, 3.8) is 0 Å².